The molecule has 1 aliphatic rings. The minimum Gasteiger partial charge on any atom is -0.326 e. The van der Waals surface area contributed by atoms with Crippen molar-refractivity contribution in [3.8, 4) is 0 Å². The molecule has 2 rings (SSSR count). The highest BCUT2D eigenvalue weighted by Crippen LogP contribution is 2.26. The summed E-state index contributed by atoms with van der Waals surface area (Å²) >= 11 is 6.07. The number of nitrogens with one attached hydrogen (secondary N) is 3. The number of carbonyl (C=O) groups is 2. The van der Waals surface area contributed by atoms with Crippen LogP contribution in [0, 0.1) is 5.92 Å². The number of halogens is 1. The van der Waals surface area contributed by atoms with Crippen molar-refractivity contribution in [1.82, 2.24) is 5.32 Å². The van der Waals surface area contributed by atoms with Crippen molar-refractivity contribution in [1.29, 1.82) is 0 Å². The van der Waals surface area contributed by atoms with Crippen LogP contribution < -0.4 is 16.0 Å². The summed E-state index contributed by atoms with van der Waals surface area (Å²) in [4.78, 5) is 23.0. The van der Waals surface area contributed by atoms with E-state index in [-0.39, 0.29) is 11.8 Å². The second kappa shape index (κ2) is 7.43. The van der Waals surface area contributed by atoms with E-state index in [0.29, 0.717) is 28.7 Å². The molecule has 0 radical (unpaired) electrons. The number of benzene rings is 1. The third-order valence-corrected chi connectivity index (χ3v) is 3.83. The van der Waals surface area contributed by atoms with Crippen molar-refractivity contribution in [2.75, 3.05) is 23.7 Å². The SMILES string of the molecule is CC(=O)Nc1ccc(Cl)c(NC(=O)CCC2CCNC2)c1. The van der Waals surface area contributed by atoms with Crippen molar-refractivity contribution >= 4 is 34.8 Å². The average Bonchev–Trinajstić information content (AvgIpc) is 2.93. The molecule has 0 saturated carbocycles. The molecule has 1 fully saturated rings. The van der Waals surface area contributed by atoms with E-state index in [1.54, 1.807) is 18.2 Å². The Balaban J connectivity index is 1.90. The Labute approximate surface area is 129 Å². The third kappa shape index (κ3) is 5.02. The van der Waals surface area contributed by atoms with Gasteiger partial charge < -0.3 is 16.0 Å². The van der Waals surface area contributed by atoms with E-state index in [9.17, 15) is 9.59 Å². The maximum absolute atomic E-state index is 12.0. The number of amides is 2. The van der Waals surface area contributed by atoms with Gasteiger partial charge in [-0.3, -0.25) is 9.59 Å². The van der Waals surface area contributed by atoms with Crippen molar-refractivity contribution in [3.63, 3.8) is 0 Å². The van der Waals surface area contributed by atoms with Gasteiger partial charge in [-0.25, -0.2) is 0 Å². The Bertz CT molecular complexity index is 528. The van der Waals surface area contributed by atoms with Gasteiger partial charge in [0.15, 0.2) is 0 Å². The number of hydrogen-bond acceptors (Lipinski definition) is 3. The Kier molecular flexibility index (Phi) is 5.59. The van der Waals surface area contributed by atoms with Gasteiger partial charge in [0.1, 0.15) is 0 Å². The van der Waals surface area contributed by atoms with E-state index in [1.165, 1.54) is 6.92 Å². The van der Waals surface area contributed by atoms with Crippen molar-refractivity contribution in [2.24, 2.45) is 5.92 Å². The van der Waals surface area contributed by atoms with Gasteiger partial charge in [0.25, 0.3) is 0 Å². The second-order valence-electron chi connectivity index (χ2n) is 5.32. The normalized spacial score (nSPS) is 17.5. The highest BCUT2D eigenvalue weighted by Gasteiger charge is 2.16. The van der Waals surface area contributed by atoms with Crippen molar-refractivity contribution in [3.05, 3.63) is 23.2 Å². The van der Waals surface area contributed by atoms with Gasteiger partial charge in [-0.05, 0) is 50.0 Å². The van der Waals surface area contributed by atoms with Crippen LogP contribution in [0.4, 0.5) is 11.4 Å². The summed E-state index contributed by atoms with van der Waals surface area (Å²) in [5.41, 5.74) is 1.14. The molecule has 1 aliphatic heterocycles. The zero-order valence-corrected chi connectivity index (χ0v) is 12.8. The molecule has 21 heavy (non-hydrogen) atoms. The molecule has 1 saturated heterocycles. The van der Waals surface area contributed by atoms with Crippen LogP contribution in [-0.4, -0.2) is 24.9 Å². The highest BCUT2D eigenvalue weighted by atomic mass is 35.5. The van der Waals surface area contributed by atoms with Gasteiger partial charge in [0.2, 0.25) is 11.8 Å². The molecule has 6 heteroatoms. The first-order valence-electron chi connectivity index (χ1n) is 7.12. The molecule has 3 N–H and O–H groups in total. The molecule has 1 aromatic carbocycles. The maximum Gasteiger partial charge on any atom is 0.224 e. The first-order chi connectivity index (χ1) is 10.0. The highest BCUT2D eigenvalue weighted by molar-refractivity contribution is 6.33. The van der Waals surface area contributed by atoms with E-state index in [2.05, 4.69) is 16.0 Å². The summed E-state index contributed by atoms with van der Waals surface area (Å²) in [5.74, 6) is 0.365. The Morgan fingerprint density at radius 3 is 2.86 bits per heavy atom. The van der Waals surface area contributed by atoms with Crippen LogP contribution in [-0.2, 0) is 9.59 Å². The number of rotatable bonds is 5. The Morgan fingerprint density at radius 2 is 2.19 bits per heavy atom. The summed E-state index contributed by atoms with van der Waals surface area (Å²) in [5, 5.41) is 9.22. The van der Waals surface area contributed by atoms with E-state index in [0.717, 1.165) is 25.9 Å². The third-order valence-electron chi connectivity index (χ3n) is 3.50. The summed E-state index contributed by atoms with van der Waals surface area (Å²) < 4.78 is 0. The maximum atomic E-state index is 12.0. The fourth-order valence-electron chi connectivity index (χ4n) is 2.41. The topological polar surface area (TPSA) is 70.2 Å². The molecular formula is C15H20ClN3O2. The van der Waals surface area contributed by atoms with Crippen LogP contribution in [0.5, 0.6) is 0 Å². The lowest BCUT2D eigenvalue weighted by Gasteiger charge is -2.11. The van der Waals surface area contributed by atoms with Gasteiger partial charge >= 0.3 is 0 Å². The zero-order chi connectivity index (χ0) is 15.2. The molecule has 5 nitrogen and oxygen atoms in total. The minimum atomic E-state index is -0.164. The van der Waals surface area contributed by atoms with Gasteiger partial charge in [-0.1, -0.05) is 11.6 Å². The molecule has 1 atom stereocenters. The van der Waals surface area contributed by atoms with Crippen LogP contribution in [0.15, 0.2) is 18.2 Å². The number of carbonyl (C=O) groups excluding carboxylic acids is 2. The van der Waals surface area contributed by atoms with Gasteiger partial charge in [0, 0.05) is 19.0 Å². The first-order valence-corrected chi connectivity index (χ1v) is 7.50. The van der Waals surface area contributed by atoms with E-state index in [1.807, 2.05) is 0 Å². The van der Waals surface area contributed by atoms with E-state index in [4.69, 9.17) is 11.6 Å². The van der Waals surface area contributed by atoms with Crippen LogP contribution in [0.3, 0.4) is 0 Å². The Hall–Kier alpha value is -1.59. The number of hydrogen-bond donors (Lipinski definition) is 3. The van der Waals surface area contributed by atoms with Crippen LogP contribution in [0.2, 0.25) is 5.02 Å². The van der Waals surface area contributed by atoms with Gasteiger partial charge in [-0.15, -0.1) is 0 Å². The van der Waals surface area contributed by atoms with E-state index < -0.39 is 0 Å². The molecular weight excluding hydrogens is 290 g/mol. The minimum absolute atomic E-state index is 0.0521. The molecule has 0 bridgehead atoms. The standard InChI is InChI=1S/C15H20ClN3O2/c1-10(20)18-12-3-4-13(16)14(8-12)19-15(21)5-2-11-6-7-17-9-11/h3-4,8,11,17H,2,5-7,9H2,1H3,(H,18,20)(H,19,21). The van der Waals surface area contributed by atoms with Crippen LogP contribution >= 0.6 is 11.6 Å². The second-order valence-corrected chi connectivity index (χ2v) is 5.73. The molecule has 1 unspecified atom stereocenters. The quantitative estimate of drug-likeness (QED) is 0.783. The lowest BCUT2D eigenvalue weighted by molar-refractivity contribution is -0.116. The van der Waals surface area contributed by atoms with E-state index >= 15 is 0 Å². The molecule has 2 amide bonds. The summed E-state index contributed by atoms with van der Waals surface area (Å²) in [7, 11) is 0. The predicted octanol–water partition coefficient (Wildman–Crippen LogP) is 2.63. The molecule has 0 spiro atoms. The zero-order valence-electron chi connectivity index (χ0n) is 12.0. The predicted molar refractivity (Wildman–Crippen MR) is 84.6 cm³/mol. The first kappa shape index (κ1) is 15.8. The average molecular weight is 310 g/mol. The molecule has 0 aliphatic carbocycles. The van der Waals surface area contributed by atoms with Gasteiger partial charge in [0.05, 0.1) is 10.7 Å². The monoisotopic (exact) mass is 309 g/mol. The lowest BCUT2D eigenvalue weighted by atomic mass is 10.0. The van der Waals surface area contributed by atoms with Crippen LogP contribution in [0.1, 0.15) is 26.2 Å². The summed E-state index contributed by atoms with van der Waals surface area (Å²) in [6.07, 6.45) is 2.49. The molecule has 1 aromatic rings. The molecule has 1 heterocycles. The summed E-state index contributed by atoms with van der Waals surface area (Å²) in [6, 6.07) is 5.02. The van der Waals surface area contributed by atoms with Crippen molar-refractivity contribution < 1.29 is 9.59 Å². The fourth-order valence-corrected chi connectivity index (χ4v) is 2.58. The van der Waals surface area contributed by atoms with Gasteiger partial charge in [-0.2, -0.15) is 0 Å². The van der Waals surface area contributed by atoms with Crippen molar-refractivity contribution in [2.45, 2.75) is 26.2 Å². The van der Waals surface area contributed by atoms with Crippen LogP contribution in [0.25, 0.3) is 0 Å². The fraction of sp³-hybridized carbons (Fsp3) is 0.467. The Morgan fingerprint density at radius 1 is 1.38 bits per heavy atom. The smallest absolute Gasteiger partial charge is 0.224 e. The largest absolute Gasteiger partial charge is 0.326 e. The molecule has 114 valence electrons. The number of anilines is 2. The summed E-state index contributed by atoms with van der Waals surface area (Å²) in [6.45, 7) is 3.46. The lowest BCUT2D eigenvalue weighted by Crippen LogP contribution is -2.15. The molecule has 0 aromatic heterocycles.